The molecule has 7 heteroatoms. The molecule has 3 aliphatic heterocycles. The number of amidine groups is 2. The molecule has 0 saturated carbocycles. The van der Waals surface area contributed by atoms with Gasteiger partial charge in [0.25, 0.3) is 0 Å². The molecule has 29 heavy (non-hydrogen) atoms. The predicted molar refractivity (Wildman–Crippen MR) is 116 cm³/mol. The maximum Gasteiger partial charge on any atom is 0.138 e. The van der Waals surface area contributed by atoms with Crippen LogP contribution in [0.1, 0.15) is 11.1 Å². The van der Waals surface area contributed by atoms with Crippen LogP contribution in [0.25, 0.3) is 5.76 Å². The van der Waals surface area contributed by atoms with Crippen LogP contribution >= 0.6 is 0 Å². The van der Waals surface area contributed by atoms with Crippen molar-refractivity contribution in [3.63, 3.8) is 0 Å². The van der Waals surface area contributed by atoms with Gasteiger partial charge < -0.3 is 19.8 Å². The monoisotopic (exact) mass is 388 g/mol. The lowest BCUT2D eigenvalue weighted by atomic mass is 10.1. The predicted octanol–water partition coefficient (Wildman–Crippen LogP) is 2.54. The minimum atomic E-state index is 0.154. The standard InChI is InChI=1S/C22H24N6O/c1-26-9-11-27(12-10-26)17-4-5-18-19(13-17)25-21(28-8-7-24-22(18)28)14-20(29)16-3-2-6-23-15-16/h2-6,13-15,29H,7-12H2,1H3/b20-14-. The highest BCUT2D eigenvalue weighted by Gasteiger charge is 2.29. The molecule has 0 unspecified atom stereocenters. The number of likely N-dealkylation sites (N-methyl/N-ethyl adjacent to an activating group) is 1. The Hall–Kier alpha value is -3.19. The van der Waals surface area contributed by atoms with E-state index in [1.54, 1.807) is 18.5 Å². The van der Waals surface area contributed by atoms with E-state index in [0.29, 0.717) is 11.4 Å². The van der Waals surface area contributed by atoms with Gasteiger partial charge in [0, 0.05) is 68.0 Å². The molecule has 0 bridgehead atoms. The fourth-order valence-corrected chi connectivity index (χ4v) is 3.98. The number of anilines is 1. The van der Waals surface area contributed by atoms with Gasteiger partial charge >= 0.3 is 0 Å². The normalized spacial score (nSPS) is 19.6. The third-order valence-corrected chi connectivity index (χ3v) is 5.67. The van der Waals surface area contributed by atoms with E-state index in [1.807, 2.05) is 12.1 Å². The van der Waals surface area contributed by atoms with Gasteiger partial charge in [-0.15, -0.1) is 0 Å². The number of hydrogen-bond acceptors (Lipinski definition) is 7. The van der Waals surface area contributed by atoms with E-state index in [9.17, 15) is 5.11 Å². The fraction of sp³-hybridized carbons (Fsp3) is 0.318. The summed E-state index contributed by atoms with van der Waals surface area (Å²) in [5, 5.41) is 10.6. The molecule has 7 nitrogen and oxygen atoms in total. The zero-order chi connectivity index (χ0) is 19.8. The number of benzene rings is 1. The number of aliphatic hydroxyl groups is 1. The third-order valence-electron chi connectivity index (χ3n) is 5.67. The summed E-state index contributed by atoms with van der Waals surface area (Å²) in [7, 11) is 2.16. The molecule has 0 spiro atoms. The summed E-state index contributed by atoms with van der Waals surface area (Å²) in [5.74, 6) is 1.80. The van der Waals surface area contributed by atoms with Gasteiger partial charge in [0.05, 0.1) is 12.2 Å². The molecule has 5 rings (SSSR count). The lowest BCUT2D eigenvalue weighted by Crippen LogP contribution is -2.44. The molecule has 1 N–H and O–H groups in total. The van der Waals surface area contributed by atoms with Gasteiger partial charge in [-0.25, -0.2) is 4.99 Å². The van der Waals surface area contributed by atoms with Crippen LogP contribution < -0.4 is 4.90 Å². The number of fused-ring (bicyclic) bond motifs is 3. The summed E-state index contributed by atoms with van der Waals surface area (Å²) in [5.41, 5.74) is 3.82. The smallest absolute Gasteiger partial charge is 0.138 e. The average molecular weight is 388 g/mol. The molecule has 0 amide bonds. The lowest BCUT2D eigenvalue weighted by Gasteiger charge is -2.34. The van der Waals surface area contributed by atoms with Crippen LogP contribution in [0.2, 0.25) is 0 Å². The van der Waals surface area contributed by atoms with Crippen molar-refractivity contribution < 1.29 is 5.11 Å². The van der Waals surface area contributed by atoms with E-state index in [2.05, 4.69) is 44.9 Å². The first-order valence-corrected chi connectivity index (χ1v) is 9.99. The SMILES string of the molecule is CN1CCN(c2ccc3c(c2)N=C(/C=C(\O)c2cccnc2)N2CCN=C32)CC1. The fourth-order valence-electron chi connectivity index (χ4n) is 3.98. The number of nitrogens with zero attached hydrogens (tertiary/aromatic N) is 6. The van der Waals surface area contributed by atoms with E-state index >= 15 is 0 Å². The molecular weight excluding hydrogens is 364 g/mol. The maximum absolute atomic E-state index is 10.6. The van der Waals surface area contributed by atoms with Crippen molar-refractivity contribution in [3.8, 4) is 0 Å². The van der Waals surface area contributed by atoms with Gasteiger partial charge in [0.1, 0.15) is 17.4 Å². The Morgan fingerprint density at radius 3 is 2.76 bits per heavy atom. The summed E-state index contributed by atoms with van der Waals surface area (Å²) >= 11 is 0. The van der Waals surface area contributed by atoms with E-state index in [4.69, 9.17) is 9.98 Å². The van der Waals surface area contributed by atoms with Crippen LogP contribution in [0.5, 0.6) is 0 Å². The number of aliphatic hydroxyl groups excluding tert-OH is 1. The first-order valence-electron chi connectivity index (χ1n) is 9.99. The van der Waals surface area contributed by atoms with Crippen LogP contribution in [0.4, 0.5) is 11.4 Å². The highest BCUT2D eigenvalue weighted by atomic mass is 16.3. The van der Waals surface area contributed by atoms with Crippen molar-refractivity contribution >= 4 is 28.8 Å². The molecule has 4 heterocycles. The first kappa shape index (κ1) is 17.9. The third kappa shape index (κ3) is 3.38. The van der Waals surface area contributed by atoms with Crippen molar-refractivity contribution in [3.05, 3.63) is 59.9 Å². The van der Waals surface area contributed by atoms with Crippen molar-refractivity contribution in [2.75, 3.05) is 51.2 Å². The van der Waals surface area contributed by atoms with Crippen LogP contribution in [0.15, 0.2) is 58.8 Å². The highest BCUT2D eigenvalue weighted by molar-refractivity contribution is 6.20. The minimum Gasteiger partial charge on any atom is -0.507 e. The van der Waals surface area contributed by atoms with E-state index in [-0.39, 0.29) is 5.76 Å². The van der Waals surface area contributed by atoms with Crippen LogP contribution in [-0.2, 0) is 0 Å². The van der Waals surface area contributed by atoms with Crippen LogP contribution in [-0.4, -0.2) is 77.9 Å². The van der Waals surface area contributed by atoms with Gasteiger partial charge in [-0.2, -0.15) is 0 Å². The quantitative estimate of drug-likeness (QED) is 0.819. The number of rotatable bonds is 3. The lowest BCUT2D eigenvalue weighted by molar-refractivity contribution is 0.313. The number of hydrogen-bond donors (Lipinski definition) is 1. The molecule has 0 atom stereocenters. The topological polar surface area (TPSA) is 67.6 Å². The Bertz CT molecular complexity index is 1010. The van der Waals surface area contributed by atoms with Gasteiger partial charge in [0.2, 0.25) is 0 Å². The van der Waals surface area contributed by atoms with E-state index < -0.39 is 0 Å². The molecule has 3 aliphatic rings. The van der Waals surface area contributed by atoms with E-state index in [0.717, 1.165) is 56.4 Å². The number of aliphatic imine (C=N–C) groups is 2. The maximum atomic E-state index is 10.6. The Morgan fingerprint density at radius 1 is 1.10 bits per heavy atom. The number of piperazine rings is 1. The molecule has 1 aromatic carbocycles. The van der Waals surface area contributed by atoms with Gasteiger partial charge in [-0.3, -0.25) is 9.98 Å². The molecule has 1 fully saturated rings. The number of pyridine rings is 1. The van der Waals surface area contributed by atoms with Crippen molar-refractivity contribution in [2.45, 2.75) is 0 Å². The largest absolute Gasteiger partial charge is 0.507 e. The minimum absolute atomic E-state index is 0.154. The summed E-state index contributed by atoms with van der Waals surface area (Å²) in [6, 6.07) is 10.1. The number of aromatic nitrogens is 1. The zero-order valence-corrected chi connectivity index (χ0v) is 16.5. The Balaban J connectivity index is 1.52. The Morgan fingerprint density at radius 2 is 1.97 bits per heavy atom. The summed E-state index contributed by atoms with van der Waals surface area (Å²) in [6.45, 7) is 5.66. The molecule has 0 radical (unpaired) electrons. The summed E-state index contributed by atoms with van der Waals surface area (Å²) < 4.78 is 0. The van der Waals surface area contributed by atoms with Gasteiger partial charge in [0.15, 0.2) is 0 Å². The summed E-state index contributed by atoms with van der Waals surface area (Å²) in [4.78, 5) is 20.5. The molecule has 0 aliphatic carbocycles. The molecule has 148 valence electrons. The van der Waals surface area contributed by atoms with Gasteiger partial charge in [-0.1, -0.05) is 0 Å². The van der Waals surface area contributed by atoms with Crippen molar-refractivity contribution in [2.24, 2.45) is 9.98 Å². The molecule has 1 saturated heterocycles. The second kappa shape index (κ2) is 7.33. The first-order chi connectivity index (χ1) is 14.2. The van der Waals surface area contributed by atoms with Crippen molar-refractivity contribution in [1.82, 2.24) is 14.8 Å². The second-order valence-corrected chi connectivity index (χ2v) is 7.59. The van der Waals surface area contributed by atoms with Crippen LogP contribution in [0, 0.1) is 0 Å². The highest BCUT2D eigenvalue weighted by Crippen LogP contribution is 2.33. The Kier molecular flexibility index (Phi) is 4.52. The molecular formula is C22H24N6O. The Labute approximate surface area is 170 Å². The molecule has 1 aromatic heterocycles. The average Bonchev–Trinajstić information content (AvgIpc) is 3.25. The van der Waals surface area contributed by atoms with E-state index in [1.165, 1.54) is 5.69 Å². The second-order valence-electron chi connectivity index (χ2n) is 7.59. The summed E-state index contributed by atoms with van der Waals surface area (Å²) in [6.07, 6.45) is 5.05. The molecule has 2 aromatic rings. The zero-order valence-electron chi connectivity index (χ0n) is 16.5. The van der Waals surface area contributed by atoms with Crippen LogP contribution in [0.3, 0.4) is 0 Å². The van der Waals surface area contributed by atoms with Crippen molar-refractivity contribution in [1.29, 1.82) is 0 Å². The van der Waals surface area contributed by atoms with Gasteiger partial charge in [-0.05, 0) is 37.4 Å².